The van der Waals surface area contributed by atoms with Gasteiger partial charge in [-0.25, -0.2) is 13.1 Å². The molecule has 3 aromatic carbocycles. The van der Waals surface area contributed by atoms with Crippen molar-refractivity contribution in [2.24, 2.45) is 0 Å². The zero-order valence-electron chi connectivity index (χ0n) is 21.0. The molecule has 202 valence electrons. The van der Waals surface area contributed by atoms with Crippen molar-refractivity contribution < 1.29 is 35.9 Å². The molecule has 0 radical (unpaired) electrons. The third kappa shape index (κ3) is 6.19. The molecule has 0 aliphatic heterocycles. The van der Waals surface area contributed by atoms with Crippen molar-refractivity contribution in [1.29, 1.82) is 0 Å². The van der Waals surface area contributed by atoms with Gasteiger partial charge in [-0.2, -0.15) is 13.2 Å². The van der Waals surface area contributed by atoms with E-state index in [2.05, 4.69) is 4.72 Å². The van der Waals surface area contributed by atoms with Crippen molar-refractivity contribution in [3.05, 3.63) is 82.9 Å². The number of ether oxygens (including phenoxy) is 2. The highest BCUT2D eigenvalue weighted by molar-refractivity contribution is 7.89. The molecular formula is C28H28F3NO5S. The number of carbonyl (C=O) groups is 1. The summed E-state index contributed by atoms with van der Waals surface area (Å²) < 4.78 is 81.2. The number of hydrogen-bond acceptors (Lipinski definition) is 5. The van der Waals surface area contributed by atoms with E-state index in [0.29, 0.717) is 37.2 Å². The first-order valence-corrected chi connectivity index (χ1v) is 13.6. The smallest absolute Gasteiger partial charge is 0.417 e. The van der Waals surface area contributed by atoms with E-state index in [4.69, 9.17) is 9.47 Å². The second kappa shape index (κ2) is 11.2. The first-order chi connectivity index (χ1) is 18.0. The van der Waals surface area contributed by atoms with Crippen LogP contribution in [-0.4, -0.2) is 34.1 Å². The van der Waals surface area contributed by atoms with E-state index in [1.165, 1.54) is 13.2 Å². The lowest BCUT2D eigenvalue weighted by molar-refractivity contribution is -0.143. The van der Waals surface area contributed by atoms with Gasteiger partial charge in [0, 0.05) is 18.0 Å². The van der Waals surface area contributed by atoms with Crippen molar-refractivity contribution in [3.63, 3.8) is 0 Å². The van der Waals surface area contributed by atoms with Crippen molar-refractivity contribution >= 4 is 16.0 Å². The minimum Gasteiger partial charge on any atom is -0.496 e. The molecule has 1 unspecified atom stereocenters. The van der Waals surface area contributed by atoms with Crippen LogP contribution in [0.1, 0.15) is 35.6 Å². The third-order valence-electron chi connectivity index (χ3n) is 6.44. The average Bonchev–Trinajstić information content (AvgIpc) is 3.27. The van der Waals surface area contributed by atoms with Gasteiger partial charge in [0.1, 0.15) is 5.75 Å². The number of aryl methyl sites for hydroxylation is 1. The van der Waals surface area contributed by atoms with Gasteiger partial charge in [-0.1, -0.05) is 42.5 Å². The summed E-state index contributed by atoms with van der Waals surface area (Å²) in [6.07, 6.45) is -3.49. The fourth-order valence-electron chi connectivity index (χ4n) is 4.71. The van der Waals surface area contributed by atoms with Gasteiger partial charge in [-0.05, 0) is 66.6 Å². The fourth-order valence-corrected chi connectivity index (χ4v) is 6.15. The lowest BCUT2D eigenvalue weighted by atomic mass is 10.0. The Bertz CT molecular complexity index is 1440. The van der Waals surface area contributed by atoms with Crippen molar-refractivity contribution in [3.8, 4) is 16.9 Å². The average molecular weight is 548 g/mol. The highest BCUT2D eigenvalue weighted by Crippen LogP contribution is 2.39. The second-order valence-corrected chi connectivity index (χ2v) is 10.7. The number of esters is 1. The summed E-state index contributed by atoms with van der Waals surface area (Å²) in [4.78, 5) is 10.8. The van der Waals surface area contributed by atoms with Crippen LogP contribution in [0.25, 0.3) is 11.1 Å². The predicted molar refractivity (Wildman–Crippen MR) is 136 cm³/mol. The zero-order valence-corrected chi connectivity index (χ0v) is 21.8. The maximum Gasteiger partial charge on any atom is 0.417 e. The topological polar surface area (TPSA) is 81.7 Å². The summed E-state index contributed by atoms with van der Waals surface area (Å²) in [5.74, 6) is 0.0792. The molecule has 0 aromatic heterocycles. The molecule has 0 heterocycles. The van der Waals surface area contributed by atoms with Crippen LogP contribution in [0.15, 0.2) is 65.6 Å². The Morgan fingerprint density at radius 2 is 1.76 bits per heavy atom. The molecule has 0 fully saturated rings. The number of rotatable bonds is 9. The van der Waals surface area contributed by atoms with E-state index >= 15 is 0 Å². The minimum atomic E-state index is -4.89. The molecule has 0 saturated carbocycles. The highest BCUT2D eigenvalue weighted by Gasteiger charge is 2.39. The molecule has 1 aliphatic rings. The van der Waals surface area contributed by atoms with Crippen molar-refractivity contribution in [2.75, 3.05) is 13.7 Å². The Balaban J connectivity index is 1.55. The van der Waals surface area contributed by atoms with Gasteiger partial charge >= 0.3 is 12.1 Å². The van der Waals surface area contributed by atoms with Crippen LogP contribution in [0.5, 0.6) is 5.75 Å². The molecule has 3 aromatic rings. The van der Waals surface area contributed by atoms with Crippen LogP contribution in [0, 0.1) is 0 Å². The molecule has 0 amide bonds. The summed E-state index contributed by atoms with van der Waals surface area (Å²) in [5.41, 5.74) is 2.10. The van der Waals surface area contributed by atoms with Crippen LogP contribution in [-0.2, 0) is 45.0 Å². The number of nitrogens with one attached hydrogen (secondary N) is 1. The normalized spacial score (nSPS) is 15.2. The SMILES string of the molecule is CCOC(=O)CCc1ccc2c(c1)CC(NS(=O)(=O)c1ccc(-c3ccccc3OC)cc1C(F)(F)F)C2. The van der Waals surface area contributed by atoms with Gasteiger partial charge in [0.15, 0.2) is 0 Å². The predicted octanol–water partition coefficient (Wildman–Crippen LogP) is 5.32. The standard InChI is InChI=1S/C28H28F3NO5S/c1-3-37-27(33)13-9-18-8-10-19-15-22(16-21(19)14-18)32-38(34,35)26-12-11-20(17-24(26)28(29,30)31)23-6-4-5-7-25(23)36-2/h4-8,10-12,14,17,22,32H,3,9,13,15-16H2,1-2H3. The number of methoxy groups -OCH3 is 1. The molecular weight excluding hydrogens is 519 g/mol. The van der Waals surface area contributed by atoms with Gasteiger partial charge in [0.25, 0.3) is 0 Å². The number of sulfonamides is 1. The largest absolute Gasteiger partial charge is 0.496 e. The lowest BCUT2D eigenvalue weighted by Crippen LogP contribution is -2.36. The maximum absolute atomic E-state index is 14.1. The Hall–Kier alpha value is -3.37. The molecule has 38 heavy (non-hydrogen) atoms. The number of para-hydroxylation sites is 1. The van der Waals surface area contributed by atoms with Crippen LogP contribution in [0.2, 0.25) is 0 Å². The van der Waals surface area contributed by atoms with Crippen LogP contribution < -0.4 is 9.46 Å². The van der Waals surface area contributed by atoms with Gasteiger partial charge in [-0.3, -0.25) is 4.79 Å². The summed E-state index contributed by atoms with van der Waals surface area (Å²) in [6.45, 7) is 2.05. The summed E-state index contributed by atoms with van der Waals surface area (Å²) >= 11 is 0. The van der Waals surface area contributed by atoms with E-state index in [1.807, 2.05) is 18.2 Å². The van der Waals surface area contributed by atoms with Gasteiger partial charge in [0.2, 0.25) is 10.0 Å². The highest BCUT2D eigenvalue weighted by atomic mass is 32.2. The molecule has 6 nitrogen and oxygen atoms in total. The summed E-state index contributed by atoms with van der Waals surface area (Å²) in [6, 6.07) is 14.8. The van der Waals surface area contributed by atoms with E-state index in [-0.39, 0.29) is 18.0 Å². The Morgan fingerprint density at radius 3 is 2.47 bits per heavy atom. The Kier molecular flexibility index (Phi) is 8.13. The number of benzene rings is 3. The molecule has 1 aliphatic carbocycles. The molecule has 1 N–H and O–H groups in total. The van der Waals surface area contributed by atoms with Crippen molar-refractivity contribution in [2.45, 2.75) is 49.7 Å². The Labute approximate surface area is 219 Å². The second-order valence-electron chi connectivity index (χ2n) is 9.04. The van der Waals surface area contributed by atoms with Gasteiger partial charge < -0.3 is 9.47 Å². The molecule has 0 spiro atoms. The first-order valence-electron chi connectivity index (χ1n) is 12.1. The quantitative estimate of drug-likeness (QED) is 0.367. The fraction of sp³-hybridized carbons (Fsp3) is 0.321. The summed E-state index contributed by atoms with van der Waals surface area (Å²) in [5, 5.41) is 0. The molecule has 0 saturated heterocycles. The Morgan fingerprint density at radius 1 is 1.03 bits per heavy atom. The van der Waals surface area contributed by atoms with E-state index in [9.17, 15) is 26.4 Å². The minimum absolute atomic E-state index is 0.192. The number of hydrogen-bond donors (Lipinski definition) is 1. The lowest BCUT2D eigenvalue weighted by Gasteiger charge is -2.18. The number of fused-ring (bicyclic) bond motifs is 1. The number of halogens is 3. The number of alkyl halides is 3. The van der Waals surface area contributed by atoms with E-state index < -0.39 is 32.7 Å². The van der Waals surface area contributed by atoms with Crippen LogP contribution in [0.4, 0.5) is 13.2 Å². The first kappa shape index (κ1) is 27.7. The zero-order chi connectivity index (χ0) is 27.5. The molecule has 10 heteroatoms. The third-order valence-corrected chi connectivity index (χ3v) is 8.02. The molecule has 4 rings (SSSR count). The summed E-state index contributed by atoms with van der Waals surface area (Å²) in [7, 11) is -3.08. The van der Waals surface area contributed by atoms with Crippen molar-refractivity contribution in [1.82, 2.24) is 4.72 Å². The van der Waals surface area contributed by atoms with E-state index in [1.54, 1.807) is 31.2 Å². The van der Waals surface area contributed by atoms with E-state index in [0.717, 1.165) is 28.8 Å². The maximum atomic E-state index is 14.1. The van der Waals surface area contributed by atoms with Gasteiger partial charge in [-0.15, -0.1) is 0 Å². The monoisotopic (exact) mass is 547 g/mol. The van der Waals surface area contributed by atoms with Crippen LogP contribution >= 0.6 is 0 Å². The molecule has 1 atom stereocenters. The number of carbonyl (C=O) groups excluding carboxylic acids is 1. The van der Waals surface area contributed by atoms with Gasteiger partial charge in [0.05, 0.1) is 24.2 Å². The van der Waals surface area contributed by atoms with Crippen LogP contribution in [0.3, 0.4) is 0 Å². The molecule has 0 bridgehead atoms.